The first kappa shape index (κ1) is 12.3. The molecule has 0 aromatic carbocycles. The fraction of sp³-hybridized carbons (Fsp3) is 1.00. The number of hydrogen-bond donors (Lipinski definition) is 1. The number of nitrogens with one attached hydrogen (secondary N) is 1. The Morgan fingerprint density at radius 1 is 1.64 bits per heavy atom. The summed E-state index contributed by atoms with van der Waals surface area (Å²) < 4.78 is 5.49. The van der Waals surface area contributed by atoms with Gasteiger partial charge in [0.1, 0.15) is 0 Å². The molecule has 0 saturated carbocycles. The summed E-state index contributed by atoms with van der Waals surface area (Å²) in [6, 6.07) is 1.08. The van der Waals surface area contributed by atoms with Crippen LogP contribution in [0.15, 0.2) is 0 Å². The van der Waals surface area contributed by atoms with Crippen molar-refractivity contribution in [3.63, 3.8) is 0 Å². The van der Waals surface area contributed by atoms with E-state index >= 15 is 0 Å². The maximum Gasteiger partial charge on any atom is 0.0635 e. The van der Waals surface area contributed by atoms with E-state index in [1.54, 1.807) is 0 Å². The molecule has 0 aromatic heterocycles. The van der Waals surface area contributed by atoms with Crippen molar-refractivity contribution in [1.29, 1.82) is 0 Å². The van der Waals surface area contributed by atoms with Crippen molar-refractivity contribution in [2.24, 2.45) is 0 Å². The van der Waals surface area contributed by atoms with E-state index in [-0.39, 0.29) is 0 Å². The highest BCUT2D eigenvalue weighted by Gasteiger charge is 2.26. The number of ether oxygens (including phenoxy) is 1. The van der Waals surface area contributed by atoms with Crippen LogP contribution in [0, 0.1) is 0 Å². The lowest BCUT2D eigenvalue weighted by molar-refractivity contribution is 0.0913. The molecule has 1 fully saturated rings. The van der Waals surface area contributed by atoms with E-state index < -0.39 is 0 Å². The molecule has 3 nitrogen and oxygen atoms in total. The molecular weight excluding hydrogens is 196 g/mol. The molecule has 14 heavy (non-hydrogen) atoms. The Kier molecular flexibility index (Phi) is 5.86. The summed E-state index contributed by atoms with van der Waals surface area (Å²) in [5.41, 5.74) is 0. The molecule has 0 bridgehead atoms. The molecule has 2 atom stereocenters. The minimum absolute atomic E-state index is 0.466. The number of hydrogen-bond acceptors (Lipinski definition) is 4. The van der Waals surface area contributed by atoms with Gasteiger partial charge >= 0.3 is 0 Å². The first-order valence-electron chi connectivity index (χ1n) is 5.32. The highest BCUT2D eigenvalue weighted by atomic mass is 32.2. The lowest BCUT2D eigenvalue weighted by Gasteiger charge is -2.37. The van der Waals surface area contributed by atoms with Crippen LogP contribution in [0.25, 0.3) is 0 Å². The molecule has 0 amide bonds. The Morgan fingerprint density at radius 2 is 2.43 bits per heavy atom. The van der Waals surface area contributed by atoms with Crippen LogP contribution in [-0.2, 0) is 4.74 Å². The largest absolute Gasteiger partial charge is 0.380 e. The molecule has 1 rings (SSSR count). The van der Waals surface area contributed by atoms with Crippen LogP contribution < -0.4 is 5.32 Å². The van der Waals surface area contributed by atoms with Crippen molar-refractivity contribution in [1.82, 2.24) is 10.2 Å². The molecule has 1 saturated heterocycles. The van der Waals surface area contributed by atoms with Gasteiger partial charge in [-0.05, 0) is 21.0 Å². The maximum absolute atomic E-state index is 5.49. The van der Waals surface area contributed by atoms with Gasteiger partial charge in [-0.25, -0.2) is 0 Å². The maximum atomic E-state index is 5.49. The van der Waals surface area contributed by atoms with Crippen LogP contribution in [0.5, 0.6) is 0 Å². The third-order valence-electron chi connectivity index (χ3n) is 2.78. The Labute approximate surface area is 91.6 Å². The minimum atomic E-state index is 0.466. The van der Waals surface area contributed by atoms with Crippen molar-refractivity contribution >= 4 is 11.8 Å². The molecule has 1 aliphatic rings. The van der Waals surface area contributed by atoms with Gasteiger partial charge in [-0.3, -0.25) is 0 Å². The summed E-state index contributed by atoms with van der Waals surface area (Å²) >= 11 is 2.05. The molecule has 0 radical (unpaired) electrons. The van der Waals surface area contributed by atoms with E-state index in [1.165, 1.54) is 18.1 Å². The molecule has 0 aliphatic carbocycles. The zero-order chi connectivity index (χ0) is 10.4. The van der Waals surface area contributed by atoms with Crippen LogP contribution >= 0.6 is 11.8 Å². The van der Waals surface area contributed by atoms with E-state index in [1.807, 2.05) is 25.7 Å². The average molecular weight is 218 g/mol. The second-order valence-electron chi connectivity index (χ2n) is 3.68. The molecule has 0 aromatic rings. The van der Waals surface area contributed by atoms with Gasteiger partial charge in [0.2, 0.25) is 0 Å². The number of nitrogens with zero attached hydrogens (tertiary/aromatic N) is 1. The molecule has 2 unspecified atom stereocenters. The molecule has 1 heterocycles. The van der Waals surface area contributed by atoms with Gasteiger partial charge in [-0.15, -0.1) is 0 Å². The van der Waals surface area contributed by atoms with Crippen LogP contribution in [0.4, 0.5) is 0 Å². The van der Waals surface area contributed by atoms with Gasteiger partial charge in [0.15, 0.2) is 0 Å². The van der Waals surface area contributed by atoms with Crippen molar-refractivity contribution in [2.45, 2.75) is 19.0 Å². The Morgan fingerprint density at radius 3 is 3.00 bits per heavy atom. The van der Waals surface area contributed by atoms with Gasteiger partial charge in [-0.2, -0.15) is 11.8 Å². The van der Waals surface area contributed by atoms with Crippen molar-refractivity contribution < 1.29 is 4.74 Å². The number of rotatable bonds is 5. The first-order valence-corrected chi connectivity index (χ1v) is 6.48. The van der Waals surface area contributed by atoms with E-state index in [0.29, 0.717) is 12.1 Å². The lowest BCUT2D eigenvalue weighted by atomic mass is 10.1. The topological polar surface area (TPSA) is 24.5 Å². The summed E-state index contributed by atoms with van der Waals surface area (Å²) in [6.45, 7) is 4.87. The monoisotopic (exact) mass is 218 g/mol. The van der Waals surface area contributed by atoms with Gasteiger partial charge in [-0.1, -0.05) is 0 Å². The van der Waals surface area contributed by atoms with Crippen molar-refractivity contribution in [2.75, 3.05) is 45.4 Å². The molecular formula is C10H22N2OS. The highest BCUT2D eigenvalue weighted by Crippen LogP contribution is 2.17. The van der Waals surface area contributed by atoms with Crippen LogP contribution in [-0.4, -0.2) is 62.3 Å². The molecule has 4 heteroatoms. The average Bonchev–Trinajstić information content (AvgIpc) is 2.21. The second kappa shape index (κ2) is 6.67. The van der Waals surface area contributed by atoms with Crippen LogP contribution in [0.2, 0.25) is 0 Å². The number of likely N-dealkylation sites (N-methyl/N-ethyl adjacent to an activating group) is 2. The predicted octanol–water partition coefficient (Wildman–Crippen LogP) is 0.658. The van der Waals surface area contributed by atoms with Crippen LogP contribution in [0.3, 0.4) is 0 Å². The van der Waals surface area contributed by atoms with E-state index in [0.717, 1.165) is 13.2 Å². The fourth-order valence-corrected chi connectivity index (χ4v) is 3.07. The summed E-state index contributed by atoms with van der Waals surface area (Å²) in [6.07, 6.45) is 0. The van der Waals surface area contributed by atoms with E-state index in [9.17, 15) is 0 Å². The summed E-state index contributed by atoms with van der Waals surface area (Å²) in [5, 5.41) is 3.36. The summed E-state index contributed by atoms with van der Waals surface area (Å²) in [4.78, 5) is 2.44. The Balaban J connectivity index is 2.40. The standard InChI is InChI=1S/C10H22N2OS/c1-4-13-7-9(11-2)10-8-14-6-5-12(10)3/h9-11H,4-8H2,1-3H3. The van der Waals surface area contributed by atoms with Gasteiger partial charge in [0.05, 0.1) is 6.61 Å². The zero-order valence-corrected chi connectivity index (χ0v) is 10.3. The number of thioether (sulfide) groups is 1. The van der Waals surface area contributed by atoms with Gasteiger partial charge in [0, 0.05) is 36.7 Å². The fourth-order valence-electron chi connectivity index (χ4n) is 1.76. The zero-order valence-electron chi connectivity index (χ0n) is 9.45. The molecule has 1 aliphatic heterocycles. The summed E-state index contributed by atoms with van der Waals surface area (Å²) in [7, 11) is 4.23. The van der Waals surface area contributed by atoms with Gasteiger partial charge in [0.25, 0.3) is 0 Å². The molecule has 0 spiro atoms. The first-order chi connectivity index (χ1) is 6.79. The Bertz CT molecular complexity index is 157. The highest BCUT2D eigenvalue weighted by molar-refractivity contribution is 7.99. The van der Waals surface area contributed by atoms with E-state index in [4.69, 9.17) is 4.74 Å². The lowest BCUT2D eigenvalue weighted by Crippen LogP contribution is -2.53. The normalized spacial score (nSPS) is 26.4. The van der Waals surface area contributed by atoms with Crippen molar-refractivity contribution in [3.8, 4) is 0 Å². The smallest absolute Gasteiger partial charge is 0.0635 e. The van der Waals surface area contributed by atoms with E-state index in [2.05, 4.69) is 17.3 Å². The third-order valence-corrected chi connectivity index (χ3v) is 3.83. The van der Waals surface area contributed by atoms with Crippen molar-refractivity contribution in [3.05, 3.63) is 0 Å². The minimum Gasteiger partial charge on any atom is -0.380 e. The Hall–Kier alpha value is 0.230. The molecule has 84 valence electrons. The third kappa shape index (κ3) is 3.42. The molecule has 1 N–H and O–H groups in total. The van der Waals surface area contributed by atoms with Crippen LogP contribution in [0.1, 0.15) is 6.92 Å². The quantitative estimate of drug-likeness (QED) is 0.732. The second-order valence-corrected chi connectivity index (χ2v) is 4.83. The summed E-state index contributed by atoms with van der Waals surface area (Å²) in [5.74, 6) is 2.48. The predicted molar refractivity (Wildman–Crippen MR) is 63.1 cm³/mol. The van der Waals surface area contributed by atoms with Gasteiger partial charge < -0.3 is 15.0 Å². The SMILES string of the molecule is CCOCC(NC)C1CSCCN1C.